The van der Waals surface area contributed by atoms with Gasteiger partial charge in [-0.3, -0.25) is 28.6 Å². The van der Waals surface area contributed by atoms with Crippen LogP contribution in [0.1, 0.15) is 138 Å². The van der Waals surface area contributed by atoms with Gasteiger partial charge in [0.05, 0.1) is 53.1 Å². The number of fused-ring (bicyclic) bond motifs is 3. The molecule has 0 unspecified atom stereocenters. The van der Waals surface area contributed by atoms with Crippen LogP contribution in [0.15, 0.2) is 198 Å². The monoisotopic (exact) mass is 1660 g/mol. The Labute approximate surface area is 686 Å². The highest BCUT2D eigenvalue weighted by atomic mass is 35.5. The number of aryl methyl sites for hydroxylation is 3. The van der Waals surface area contributed by atoms with Crippen molar-refractivity contribution >= 4 is 81.4 Å². The molecule has 18 rings (SSSR count). The first-order valence-electron chi connectivity index (χ1n) is 39.7. The molecule has 9 aromatic heterocycles. The Morgan fingerprint density at radius 1 is 0.397 bits per heavy atom. The standard InChI is InChI=1S/2C28H33N5O3S.C23H22N4O3S.C5H11NO.CH4O.CH4.ClH/c2*1-31-19-23(18-30-31)27-20-33(37(34,35)25-6-3-2-4-7-25)28-26(27)16-22(17-29-28)21-8-10-24(11-9-21)32-12-5-14-36-15-13-32;1-26-14-18(13-25-26)22-15-27(31(29,30)20-5-3-2-4-6-20)23-21(22)11-17(12-24-23)16-7-9-19(28)10-8-16;1-2-6-3-5-7-4-1;1-2;;/h2*2-4,6-7,16-21,24H,5,8-15H2,1H3;2-6,11-16H,7-10H2,1H3;6H,1-5H2;2H,1H3;1H4;1H. The molecule has 12 heterocycles. The molecule has 6 aliphatic rings. The molecule has 3 aliphatic heterocycles. The number of rotatable bonds is 14. The maximum atomic E-state index is 13.6. The highest BCUT2D eigenvalue weighted by Gasteiger charge is 2.33. The first-order valence-corrected chi connectivity index (χ1v) is 44.1. The highest BCUT2D eigenvalue weighted by molar-refractivity contribution is 7.90. The van der Waals surface area contributed by atoms with Crippen molar-refractivity contribution in [2.24, 2.45) is 21.1 Å². The molecule has 3 saturated heterocycles. The summed E-state index contributed by atoms with van der Waals surface area (Å²) in [5, 5.41) is 25.6. The van der Waals surface area contributed by atoms with E-state index in [9.17, 15) is 30.0 Å². The van der Waals surface area contributed by atoms with E-state index >= 15 is 0 Å². The van der Waals surface area contributed by atoms with Crippen LogP contribution in [0.3, 0.4) is 0 Å². The predicted octanol–water partition coefficient (Wildman–Crippen LogP) is 13.4. The Morgan fingerprint density at radius 2 is 0.724 bits per heavy atom. The normalized spacial score (nSPS) is 19.5. The van der Waals surface area contributed by atoms with Crippen molar-refractivity contribution in [2.75, 3.05) is 86.0 Å². The summed E-state index contributed by atoms with van der Waals surface area (Å²) in [6, 6.07) is 33.0. The van der Waals surface area contributed by atoms with Crippen LogP contribution >= 0.6 is 12.4 Å². The molecular formula is C86H108ClN15O11S3. The molecule has 26 nitrogen and oxygen atoms in total. The van der Waals surface area contributed by atoms with Crippen molar-refractivity contribution < 1.29 is 49.4 Å². The van der Waals surface area contributed by atoms with Crippen LogP contribution in [-0.2, 0) is 70.2 Å². The molecule has 0 bridgehead atoms. The number of nitrogens with one attached hydrogen (secondary N) is 1. The fraction of sp³-hybridized carbons (Fsp3) is 0.430. The molecule has 618 valence electrons. The zero-order valence-electron chi connectivity index (χ0n) is 65.7. The lowest BCUT2D eigenvalue weighted by Gasteiger charge is -2.36. The lowest BCUT2D eigenvalue weighted by atomic mass is 9.81. The molecule has 3 aromatic carbocycles. The Balaban J connectivity index is 0.000000151. The van der Waals surface area contributed by atoms with Crippen LogP contribution in [-0.4, -0.2) is 200 Å². The fourth-order valence-electron chi connectivity index (χ4n) is 16.7. The van der Waals surface area contributed by atoms with E-state index in [0.717, 1.165) is 192 Å². The van der Waals surface area contributed by atoms with Gasteiger partial charge in [-0.1, -0.05) is 62.0 Å². The van der Waals surface area contributed by atoms with Gasteiger partial charge in [0.15, 0.2) is 16.9 Å². The summed E-state index contributed by atoms with van der Waals surface area (Å²) >= 11 is 0. The second-order valence-corrected chi connectivity index (χ2v) is 35.6. The van der Waals surface area contributed by atoms with Gasteiger partial charge < -0.3 is 24.6 Å². The summed E-state index contributed by atoms with van der Waals surface area (Å²) in [4.78, 5) is 31.7. The number of aliphatic hydroxyl groups is 1. The van der Waals surface area contributed by atoms with Crippen molar-refractivity contribution in [3.63, 3.8) is 0 Å². The Kier molecular flexibility index (Phi) is 29.3. The number of hydrogen-bond donors (Lipinski definition) is 2. The number of carbonyl (C=O) groups is 1. The van der Waals surface area contributed by atoms with Gasteiger partial charge in [0.25, 0.3) is 30.1 Å². The van der Waals surface area contributed by atoms with Crippen molar-refractivity contribution in [1.29, 1.82) is 0 Å². The molecule has 30 heteroatoms. The lowest BCUT2D eigenvalue weighted by molar-refractivity contribution is -0.120. The number of Topliss-reactive ketones (excluding diaryl/α,β-unsaturated/α-hetero) is 1. The van der Waals surface area contributed by atoms with Gasteiger partial charge in [-0.2, -0.15) is 15.3 Å². The second-order valence-electron chi connectivity index (χ2n) is 30.1. The Hall–Kier alpha value is -9.11. The molecule has 0 radical (unpaired) electrons. The topological polar surface area (TPSA) is 293 Å². The van der Waals surface area contributed by atoms with Crippen LogP contribution < -0.4 is 5.32 Å². The summed E-state index contributed by atoms with van der Waals surface area (Å²) in [7, 11) is -4.85. The van der Waals surface area contributed by atoms with Gasteiger partial charge in [-0.15, -0.1) is 12.4 Å². The number of aliphatic hydroxyl groups excluding tert-OH is 1. The second kappa shape index (κ2) is 39.4. The van der Waals surface area contributed by atoms with Crippen LogP contribution in [0.25, 0.3) is 66.5 Å². The average Bonchev–Trinajstić information content (AvgIpc) is 1.60. The summed E-state index contributed by atoms with van der Waals surface area (Å²) in [5.41, 5.74) is 9.70. The van der Waals surface area contributed by atoms with E-state index in [0.29, 0.717) is 59.5 Å². The molecule has 116 heavy (non-hydrogen) atoms. The number of hydrogen-bond acceptors (Lipinski definition) is 20. The Morgan fingerprint density at radius 3 is 1.06 bits per heavy atom. The SMILES string of the molecule is C.C1CNCCOC1.CO.Cl.Cn1cc(-c2cn(S(=O)(=O)c3ccccc3)c3ncc(C4CCC(=O)CC4)cc23)cn1.Cn1cc(-c2cn(S(=O)(=O)c3ccccc3)c3ncc(C4CCC(N5CCCOCC5)CC4)cc23)cn1.Cn1cc(-c2cn(S(=O)(=O)c3ccccc3)c3ncc(C4CCC(N5CCCOCC5)CC4)cc23)cn1. The summed E-state index contributed by atoms with van der Waals surface area (Å²) in [6.45, 7) is 11.7. The van der Waals surface area contributed by atoms with Crippen LogP contribution in [0.5, 0.6) is 0 Å². The maximum absolute atomic E-state index is 13.6. The minimum atomic E-state index is -3.81. The number of nitrogens with zero attached hydrogens (tertiary/aromatic N) is 14. The number of ether oxygens (including phenoxy) is 3. The molecule has 0 atom stereocenters. The fourth-order valence-corrected chi connectivity index (χ4v) is 20.8. The van der Waals surface area contributed by atoms with E-state index in [2.05, 4.69) is 47.5 Å². The largest absolute Gasteiger partial charge is 0.400 e. The summed E-state index contributed by atoms with van der Waals surface area (Å²) in [5.74, 6) is 1.41. The van der Waals surface area contributed by atoms with Crippen LogP contribution in [0.2, 0.25) is 0 Å². The predicted molar refractivity (Wildman–Crippen MR) is 454 cm³/mol. The van der Waals surface area contributed by atoms with E-state index in [4.69, 9.17) is 29.3 Å². The lowest BCUT2D eigenvalue weighted by Crippen LogP contribution is -2.39. The van der Waals surface area contributed by atoms with Crippen molar-refractivity contribution in [3.8, 4) is 33.4 Å². The van der Waals surface area contributed by atoms with Gasteiger partial charge in [0.1, 0.15) is 5.78 Å². The third-order valence-electron chi connectivity index (χ3n) is 22.8. The summed E-state index contributed by atoms with van der Waals surface area (Å²) in [6.07, 6.45) is 36.8. The van der Waals surface area contributed by atoms with Crippen molar-refractivity contribution in [1.82, 2.24) is 71.3 Å². The zero-order valence-corrected chi connectivity index (χ0v) is 69.0. The van der Waals surface area contributed by atoms with E-state index < -0.39 is 30.1 Å². The van der Waals surface area contributed by atoms with Crippen molar-refractivity contribution in [3.05, 3.63) is 200 Å². The van der Waals surface area contributed by atoms with Gasteiger partial charge in [0, 0.05) is 211 Å². The van der Waals surface area contributed by atoms with Gasteiger partial charge in [-0.05, 0) is 179 Å². The van der Waals surface area contributed by atoms with Crippen LogP contribution in [0.4, 0.5) is 0 Å². The number of pyridine rings is 3. The number of ketones is 1. The minimum absolute atomic E-state index is 0. The van der Waals surface area contributed by atoms with E-state index in [-0.39, 0.29) is 40.4 Å². The molecule has 3 saturated carbocycles. The quantitative estimate of drug-likeness (QED) is 0.102. The minimum Gasteiger partial charge on any atom is -0.400 e. The molecule has 2 N–H and O–H groups in total. The number of halogens is 1. The molecule has 12 aromatic rings. The van der Waals surface area contributed by atoms with Gasteiger partial charge >= 0.3 is 0 Å². The molecule has 3 aliphatic carbocycles. The van der Waals surface area contributed by atoms with Gasteiger partial charge in [-0.25, -0.2) is 52.1 Å². The Bertz CT molecular complexity index is 5310. The van der Waals surface area contributed by atoms with E-state index in [1.54, 1.807) is 136 Å². The molecule has 6 fully saturated rings. The summed E-state index contributed by atoms with van der Waals surface area (Å²) < 4.78 is 107. The maximum Gasteiger partial charge on any atom is 0.269 e. The third-order valence-corrected chi connectivity index (χ3v) is 27.8. The van der Waals surface area contributed by atoms with E-state index in [1.807, 2.05) is 70.3 Å². The molecular weight excluding hydrogens is 1550 g/mol. The third kappa shape index (κ3) is 19.7. The number of benzene rings is 3. The first-order chi connectivity index (χ1) is 55.4. The van der Waals surface area contributed by atoms with Gasteiger partial charge in [0.2, 0.25) is 0 Å². The highest BCUT2D eigenvalue weighted by Crippen LogP contribution is 2.43. The van der Waals surface area contributed by atoms with E-state index in [1.165, 1.54) is 55.1 Å². The van der Waals surface area contributed by atoms with Crippen molar-refractivity contribution in [2.45, 2.75) is 148 Å². The number of carbonyl (C=O) groups excluding carboxylic acids is 1. The number of aromatic nitrogens is 12. The molecule has 0 amide bonds. The smallest absolute Gasteiger partial charge is 0.269 e. The zero-order chi connectivity index (χ0) is 79.4. The van der Waals surface area contributed by atoms with Crippen LogP contribution in [0, 0.1) is 0 Å². The molecule has 0 spiro atoms. The first kappa shape index (κ1) is 86.2. The average molecular weight is 1660 g/mol.